The van der Waals surface area contributed by atoms with E-state index in [1.54, 1.807) is 12.1 Å². The third-order valence-corrected chi connectivity index (χ3v) is 3.67. The maximum Gasteiger partial charge on any atom is 0.275 e. The number of benzene rings is 2. The highest BCUT2D eigenvalue weighted by atomic mass is 16.6. The van der Waals surface area contributed by atoms with Gasteiger partial charge in [0.1, 0.15) is 6.54 Å². The van der Waals surface area contributed by atoms with Gasteiger partial charge in [-0.1, -0.05) is 30.3 Å². The summed E-state index contributed by atoms with van der Waals surface area (Å²) in [5, 5.41) is 16.6. The largest absolute Gasteiger partial charge is 0.383 e. The highest BCUT2D eigenvalue weighted by Crippen LogP contribution is 2.14. The topological polar surface area (TPSA) is 88.7 Å². The van der Waals surface area contributed by atoms with Crippen LogP contribution in [0.3, 0.4) is 0 Å². The molecule has 0 heterocycles. The van der Waals surface area contributed by atoms with E-state index in [0.29, 0.717) is 19.6 Å². The smallest absolute Gasteiger partial charge is 0.275 e. The van der Waals surface area contributed by atoms with E-state index in [-0.39, 0.29) is 11.6 Å². The quantitative estimate of drug-likeness (QED) is 0.358. The lowest BCUT2D eigenvalue weighted by Gasteiger charge is -2.14. The highest BCUT2D eigenvalue weighted by Gasteiger charge is 2.10. The number of hydrogen-bond acceptors (Lipinski definition) is 4. The number of non-ortho nitro benzene ring substituents is 1. The van der Waals surface area contributed by atoms with Crippen LogP contribution in [0.15, 0.2) is 54.6 Å². The minimum atomic E-state index is -0.432. The predicted octanol–water partition coefficient (Wildman–Crippen LogP) is 0.838. The van der Waals surface area contributed by atoms with Gasteiger partial charge in [0.2, 0.25) is 0 Å². The Morgan fingerprint density at radius 1 is 1.08 bits per heavy atom. The second-order valence-corrected chi connectivity index (χ2v) is 5.88. The van der Waals surface area contributed by atoms with Crippen LogP contribution in [0.2, 0.25) is 0 Å². The lowest BCUT2D eigenvalue weighted by Crippen LogP contribution is -3.08. The number of amides is 1. The maximum absolute atomic E-state index is 11.9. The summed E-state index contributed by atoms with van der Waals surface area (Å²) >= 11 is 0. The summed E-state index contributed by atoms with van der Waals surface area (Å²) in [4.78, 5) is 23.2. The molecule has 0 saturated carbocycles. The first-order chi connectivity index (χ1) is 12.0. The zero-order valence-corrected chi connectivity index (χ0v) is 14.2. The molecule has 2 rings (SSSR count). The molecular weight excluding hydrogens is 320 g/mol. The van der Waals surface area contributed by atoms with Crippen LogP contribution in [-0.4, -0.2) is 37.5 Å². The SMILES string of the molecule is C[NH+](CC(=O)NCCNc1ccc([N+](=O)[O-])cc1)Cc1ccccc1. The van der Waals surface area contributed by atoms with E-state index in [1.165, 1.54) is 17.7 Å². The molecule has 0 aliphatic carbocycles. The lowest BCUT2D eigenvalue weighted by atomic mass is 10.2. The molecule has 7 nitrogen and oxygen atoms in total. The standard InChI is InChI=1S/C18H22N4O3/c1-21(13-15-5-3-2-4-6-15)14-18(23)20-12-11-19-16-7-9-17(10-8-16)22(24)25/h2-10,19H,11-14H2,1H3,(H,20,23)/p+1. The van der Waals surface area contributed by atoms with Gasteiger partial charge in [0.15, 0.2) is 6.54 Å². The Bertz CT molecular complexity index is 689. The van der Waals surface area contributed by atoms with Crippen molar-refractivity contribution in [1.29, 1.82) is 0 Å². The number of nitrogens with one attached hydrogen (secondary N) is 3. The zero-order chi connectivity index (χ0) is 18.1. The Hall–Kier alpha value is -2.93. The molecular formula is C18H23N4O3+. The Labute approximate surface area is 146 Å². The van der Waals surface area contributed by atoms with Crippen molar-refractivity contribution in [2.24, 2.45) is 0 Å². The average molecular weight is 343 g/mol. The van der Waals surface area contributed by atoms with Crippen molar-refractivity contribution in [2.45, 2.75) is 6.54 Å². The molecule has 0 saturated heterocycles. The van der Waals surface area contributed by atoms with Crippen LogP contribution in [0, 0.1) is 10.1 Å². The summed E-state index contributed by atoms with van der Waals surface area (Å²) in [5.74, 6) is -0.000990. The lowest BCUT2D eigenvalue weighted by molar-refractivity contribution is -0.885. The predicted molar refractivity (Wildman–Crippen MR) is 96.5 cm³/mol. The number of nitrogens with zero attached hydrogens (tertiary/aromatic N) is 1. The molecule has 3 N–H and O–H groups in total. The van der Waals surface area contributed by atoms with Crippen molar-refractivity contribution >= 4 is 17.3 Å². The van der Waals surface area contributed by atoms with Gasteiger partial charge in [-0.25, -0.2) is 0 Å². The fourth-order valence-corrected chi connectivity index (χ4v) is 2.45. The minimum absolute atomic E-state index is 0.000990. The monoisotopic (exact) mass is 343 g/mol. The Kier molecular flexibility index (Phi) is 6.91. The first-order valence-electron chi connectivity index (χ1n) is 8.15. The summed E-state index contributed by atoms with van der Waals surface area (Å²) in [6, 6.07) is 16.3. The highest BCUT2D eigenvalue weighted by molar-refractivity contribution is 5.76. The molecule has 0 bridgehead atoms. The molecule has 0 aliphatic rings. The van der Waals surface area contributed by atoms with Gasteiger partial charge in [-0.3, -0.25) is 14.9 Å². The number of likely N-dealkylation sites (N-methyl/N-ethyl adjacent to an activating group) is 1. The maximum atomic E-state index is 11.9. The van der Waals surface area contributed by atoms with Crippen molar-refractivity contribution in [2.75, 3.05) is 32.0 Å². The fourth-order valence-electron chi connectivity index (χ4n) is 2.45. The van der Waals surface area contributed by atoms with Gasteiger partial charge in [-0.15, -0.1) is 0 Å². The molecule has 0 fully saturated rings. The second-order valence-electron chi connectivity index (χ2n) is 5.88. The zero-order valence-electron chi connectivity index (χ0n) is 14.2. The molecule has 0 spiro atoms. The van der Waals surface area contributed by atoms with Gasteiger partial charge in [0.05, 0.1) is 12.0 Å². The van der Waals surface area contributed by atoms with Gasteiger partial charge in [0, 0.05) is 36.5 Å². The molecule has 7 heteroatoms. The number of quaternary nitrogens is 1. The van der Waals surface area contributed by atoms with Crippen LogP contribution in [0.25, 0.3) is 0 Å². The van der Waals surface area contributed by atoms with E-state index in [9.17, 15) is 14.9 Å². The molecule has 132 valence electrons. The number of nitro benzene ring substituents is 1. The van der Waals surface area contributed by atoms with Gasteiger partial charge in [0.25, 0.3) is 11.6 Å². The van der Waals surface area contributed by atoms with Crippen molar-refractivity contribution < 1.29 is 14.6 Å². The van der Waals surface area contributed by atoms with E-state index in [4.69, 9.17) is 0 Å². The van der Waals surface area contributed by atoms with E-state index in [0.717, 1.165) is 17.1 Å². The number of rotatable bonds is 9. The second kappa shape index (κ2) is 9.39. The first-order valence-corrected chi connectivity index (χ1v) is 8.15. The number of carbonyl (C=O) groups is 1. The van der Waals surface area contributed by atoms with Gasteiger partial charge in [-0.2, -0.15) is 0 Å². The van der Waals surface area contributed by atoms with Crippen LogP contribution in [0.5, 0.6) is 0 Å². The molecule has 1 unspecified atom stereocenters. The third-order valence-electron chi connectivity index (χ3n) is 3.67. The van der Waals surface area contributed by atoms with Gasteiger partial charge >= 0.3 is 0 Å². The summed E-state index contributed by atoms with van der Waals surface area (Å²) in [6.07, 6.45) is 0. The average Bonchev–Trinajstić information content (AvgIpc) is 2.60. The molecule has 1 atom stereocenters. The molecule has 0 radical (unpaired) electrons. The number of carbonyl (C=O) groups excluding carboxylic acids is 1. The van der Waals surface area contributed by atoms with Gasteiger partial charge < -0.3 is 15.5 Å². The molecule has 2 aromatic rings. The Morgan fingerprint density at radius 3 is 2.40 bits per heavy atom. The summed E-state index contributed by atoms with van der Waals surface area (Å²) in [6.45, 7) is 2.26. The van der Waals surface area contributed by atoms with Crippen LogP contribution in [-0.2, 0) is 11.3 Å². The summed E-state index contributed by atoms with van der Waals surface area (Å²) in [7, 11) is 1.99. The van der Waals surface area contributed by atoms with Crippen LogP contribution in [0.1, 0.15) is 5.56 Å². The van der Waals surface area contributed by atoms with Crippen molar-refractivity contribution in [3.63, 3.8) is 0 Å². The summed E-state index contributed by atoms with van der Waals surface area (Å²) in [5.41, 5.74) is 2.04. The first kappa shape index (κ1) is 18.4. The molecule has 1 amide bonds. The van der Waals surface area contributed by atoms with Crippen molar-refractivity contribution in [1.82, 2.24) is 5.32 Å². The fraction of sp³-hybridized carbons (Fsp3) is 0.278. The van der Waals surface area contributed by atoms with Crippen molar-refractivity contribution in [3.05, 3.63) is 70.3 Å². The molecule has 0 aromatic heterocycles. The molecule has 2 aromatic carbocycles. The van der Waals surface area contributed by atoms with Gasteiger partial charge in [-0.05, 0) is 12.1 Å². The molecule has 0 aliphatic heterocycles. The van der Waals surface area contributed by atoms with E-state index in [1.807, 2.05) is 25.2 Å². The van der Waals surface area contributed by atoms with Crippen molar-refractivity contribution in [3.8, 4) is 0 Å². The number of anilines is 1. The van der Waals surface area contributed by atoms with E-state index < -0.39 is 4.92 Å². The Balaban J connectivity index is 1.64. The van der Waals surface area contributed by atoms with Crippen LogP contribution in [0.4, 0.5) is 11.4 Å². The molecule has 25 heavy (non-hydrogen) atoms. The van der Waals surface area contributed by atoms with Crippen LogP contribution >= 0.6 is 0 Å². The van der Waals surface area contributed by atoms with Crippen LogP contribution < -0.4 is 15.5 Å². The Morgan fingerprint density at radius 2 is 1.76 bits per heavy atom. The summed E-state index contributed by atoms with van der Waals surface area (Å²) < 4.78 is 0. The third kappa shape index (κ3) is 6.60. The number of nitro groups is 1. The minimum Gasteiger partial charge on any atom is -0.383 e. The van der Waals surface area contributed by atoms with E-state index >= 15 is 0 Å². The van der Waals surface area contributed by atoms with E-state index in [2.05, 4.69) is 22.8 Å². The normalized spacial score (nSPS) is 11.6. The number of hydrogen-bond donors (Lipinski definition) is 3.